The third-order valence-corrected chi connectivity index (χ3v) is 4.52. The van der Waals surface area contributed by atoms with Crippen molar-refractivity contribution in [2.75, 3.05) is 40.4 Å². The second-order valence-corrected chi connectivity index (χ2v) is 6.32. The van der Waals surface area contributed by atoms with Crippen LogP contribution >= 0.6 is 0 Å². The van der Waals surface area contributed by atoms with Crippen molar-refractivity contribution in [2.24, 2.45) is 0 Å². The number of amides is 2. The Kier molecular flexibility index (Phi) is 6.78. The van der Waals surface area contributed by atoms with Gasteiger partial charge in [-0.15, -0.1) is 0 Å². The molecule has 1 fully saturated rings. The number of aryl methyl sites for hydroxylation is 1. The number of piperazine rings is 1. The summed E-state index contributed by atoms with van der Waals surface area (Å²) in [5, 5.41) is 11.8. The van der Waals surface area contributed by atoms with E-state index in [2.05, 4.69) is 5.32 Å². The van der Waals surface area contributed by atoms with Crippen molar-refractivity contribution >= 4 is 11.8 Å². The first kappa shape index (κ1) is 19.2. The predicted octanol–water partition coefficient (Wildman–Crippen LogP) is 0.145. The van der Waals surface area contributed by atoms with Crippen molar-refractivity contribution in [1.29, 1.82) is 0 Å². The zero-order valence-electron chi connectivity index (χ0n) is 15.1. The van der Waals surface area contributed by atoms with Gasteiger partial charge in [0.25, 0.3) is 0 Å². The molecule has 1 aliphatic rings. The molecule has 0 saturated carbocycles. The molecule has 0 spiro atoms. The molecule has 1 saturated heterocycles. The van der Waals surface area contributed by atoms with E-state index < -0.39 is 6.04 Å². The van der Waals surface area contributed by atoms with Crippen LogP contribution in [0.5, 0.6) is 5.75 Å². The number of methoxy groups -OCH3 is 1. The first-order valence-corrected chi connectivity index (χ1v) is 8.46. The Balaban J connectivity index is 2.09. The van der Waals surface area contributed by atoms with Crippen LogP contribution in [0.1, 0.15) is 17.5 Å². The van der Waals surface area contributed by atoms with Gasteiger partial charge in [0.2, 0.25) is 11.8 Å². The fourth-order valence-electron chi connectivity index (χ4n) is 3.04. The lowest BCUT2D eigenvalue weighted by Crippen LogP contribution is -2.56. The smallest absolute Gasteiger partial charge is 0.237 e. The highest BCUT2D eigenvalue weighted by Gasteiger charge is 2.32. The lowest BCUT2D eigenvalue weighted by molar-refractivity contribution is -0.138. The Hall–Kier alpha value is -2.12. The summed E-state index contributed by atoms with van der Waals surface area (Å²) in [5.41, 5.74) is 2.12. The summed E-state index contributed by atoms with van der Waals surface area (Å²) >= 11 is 0. The standard InChI is InChI=1S/C18H27N3O4/c1-13-10-14(4-5-16(13)25-3)12-21-7-6-19-18(24)15(21)11-17(23)20(2)8-9-22/h4-5,10,15,22H,6-9,11-12H2,1-3H3,(H,19,24)/t15-/m0/s1. The average Bonchev–Trinajstić information content (AvgIpc) is 2.58. The molecule has 1 aromatic rings. The van der Waals surface area contributed by atoms with E-state index in [9.17, 15) is 9.59 Å². The molecule has 0 unspecified atom stereocenters. The summed E-state index contributed by atoms with van der Waals surface area (Å²) in [6.45, 7) is 4.03. The molecule has 2 rings (SSSR count). The SMILES string of the molecule is COc1ccc(CN2CCNC(=O)[C@@H]2CC(=O)N(C)CCO)cc1C. The number of ether oxygens (including phenoxy) is 1. The summed E-state index contributed by atoms with van der Waals surface area (Å²) in [5.74, 6) is 0.562. The molecule has 0 aromatic heterocycles. The largest absolute Gasteiger partial charge is 0.496 e. The minimum atomic E-state index is -0.496. The molecule has 1 aromatic carbocycles. The molecule has 7 heteroatoms. The maximum Gasteiger partial charge on any atom is 0.237 e. The van der Waals surface area contributed by atoms with E-state index in [1.165, 1.54) is 4.90 Å². The van der Waals surface area contributed by atoms with Crippen molar-refractivity contribution in [3.63, 3.8) is 0 Å². The van der Waals surface area contributed by atoms with Crippen molar-refractivity contribution in [1.82, 2.24) is 15.1 Å². The van der Waals surface area contributed by atoms with E-state index in [4.69, 9.17) is 9.84 Å². The molecule has 1 aliphatic heterocycles. The highest BCUT2D eigenvalue weighted by atomic mass is 16.5. The summed E-state index contributed by atoms with van der Waals surface area (Å²) in [7, 11) is 3.28. The summed E-state index contributed by atoms with van der Waals surface area (Å²) in [6, 6.07) is 5.45. The number of nitrogens with zero attached hydrogens (tertiary/aromatic N) is 2. The lowest BCUT2D eigenvalue weighted by Gasteiger charge is -2.35. The van der Waals surface area contributed by atoms with Crippen LogP contribution in [-0.4, -0.2) is 73.2 Å². The molecule has 0 bridgehead atoms. The van der Waals surface area contributed by atoms with Gasteiger partial charge in [0.15, 0.2) is 0 Å². The van der Waals surface area contributed by atoms with Crippen LogP contribution in [0.3, 0.4) is 0 Å². The Labute approximate surface area is 148 Å². The number of carbonyl (C=O) groups excluding carboxylic acids is 2. The predicted molar refractivity (Wildman–Crippen MR) is 94.3 cm³/mol. The first-order valence-electron chi connectivity index (χ1n) is 8.46. The monoisotopic (exact) mass is 349 g/mol. The Morgan fingerprint density at radius 3 is 2.88 bits per heavy atom. The molecule has 25 heavy (non-hydrogen) atoms. The van der Waals surface area contributed by atoms with Crippen LogP contribution < -0.4 is 10.1 Å². The van der Waals surface area contributed by atoms with Gasteiger partial charge in [-0.2, -0.15) is 0 Å². The minimum Gasteiger partial charge on any atom is -0.496 e. The van der Waals surface area contributed by atoms with Gasteiger partial charge in [-0.25, -0.2) is 0 Å². The van der Waals surface area contributed by atoms with E-state index in [1.54, 1.807) is 14.2 Å². The van der Waals surface area contributed by atoms with Crippen LogP contribution in [0, 0.1) is 6.92 Å². The number of hydrogen-bond donors (Lipinski definition) is 2. The van der Waals surface area contributed by atoms with Gasteiger partial charge >= 0.3 is 0 Å². The molecular weight excluding hydrogens is 322 g/mol. The zero-order chi connectivity index (χ0) is 18.4. The Bertz CT molecular complexity index is 620. The Morgan fingerprint density at radius 2 is 2.24 bits per heavy atom. The number of hydrogen-bond acceptors (Lipinski definition) is 5. The molecular formula is C18H27N3O4. The fourth-order valence-corrected chi connectivity index (χ4v) is 3.04. The fraction of sp³-hybridized carbons (Fsp3) is 0.556. The molecule has 0 aliphatic carbocycles. The van der Waals surface area contributed by atoms with Crippen LogP contribution in [0.15, 0.2) is 18.2 Å². The van der Waals surface area contributed by atoms with Crippen molar-refractivity contribution in [3.05, 3.63) is 29.3 Å². The van der Waals surface area contributed by atoms with Crippen LogP contribution in [-0.2, 0) is 16.1 Å². The average molecular weight is 349 g/mol. The Morgan fingerprint density at radius 1 is 1.48 bits per heavy atom. The van der Waals surface area contributed by atoms with Gasteiger partial charge in [-0.3, -0.25) is 14.5 Å². The van der Waals surface area contributed by atoms with Crippen LogP contribution in [0.25, 0.3) is 0 Å². The van der Waals surface area contributed by atoms with E-state index >= 15 is 0 Å². The van der Waals surface area contributed by atoms with E-state index in [0.717, 1.165) is 16.9 Å². The third kappa shape index (κ3) is 4.93. The third-order valence-electron chi connectivity index (χ3n) is 4.52. The lowest BCUT2D eigenvalue weighted by atomic mass is 10.0. The summed E-state index contributed by atoms with van der Waals surface area (Å²) < 4.78 is 5.28. The second-order valence-electron chi connectivity index (χ2n) is 6.32. The number of nitrogens with one attached hydrogen (secondary N) is 1. The van der Waals surface area contributed by atoms with Gasteiger partial charge in [-0.1, -0.05) is 12.1 Å². The highest BCUT2D eigenvalue weighted by molar-refractivity contribution is 5.88. The number of likely N-dealkylation sites (N-methyl/N-ethyl adjacent to an activating group) is 1. The van der Waals surface area contributed by atoms with Gasteiger partial charge in [-0.05, 0) is 24.1 Å². The van der Waals surface area contributed by atoms with E-state index in [1.807, 2.05) is 30.0 Å². The summed E-state index contributed by atoms with van der Waals surface area (Å²) in [6.07, 6.45) is 0.109. The zero-order valence-corrected chi connectivity index (χ0v) is 15.1. The van der Waals surface area contributed by atoms with Crippen LogP contribution in [0.2, 0.25) is 0 Å². The number of aliphatic hydroxyl groups excluding tert-OH is 1. The van der Waals surface area contributed by atoms with Crippen molar-refractivity contribution in [3.8, 4) is 5.75 Å². The van der Waals surface area contributed by atoms with Gasteiger partial charge < -0.3 is 20.1 Å². The van der Waals surface area contributed by atoms with E-state index in [-0.39, 0.29) is 31.4 Å². The normalized spacial score (nSPS) is 17.9. The summed E-state index contributed by atoms with van der Waals surface area (Å²) in [4.78, 5) is 28.0. The molecule has 1 atom stereocenters. The first-order chi connectivity index (χ1) is 12.0. The van der Waals surface area contributed by atoms with Gasteiger partial charge in [0.05, 0.1) is 26.2 Å². The number of aliphatic hydroxyl groups is 1. The van der Waals surface area contributed by atoms with Gasteiger partial charge in [0, 0.05) is 33.2 Å². The minimum absolute atomic E-state index is 0.0893. The maximum atomic E-state index is 12.3. The van der Waals surface area contributed by atoms with Crippen molar-refractivity contribution in [2.45, 2.75) is 25.9 Å². The topological polar surface area (TPSA) is 82.1 Å². The molecule has 138 valence electrons. The maximum absolute atomic E-state index is 12.3. The number of rotatable bonds is 7. The molecule has 7 nitrogen and oxygen atoms in total. The van der Waals surface area contributed by atoms with Crippen molar-refractivity contribution < 1.29 is 19.4 Å². The van der Waals surface area contributed by atoms with Crippen LogP contribution in [0.4, 0.5) is 0 Å². The quantitative estimate of drug-likeness (QED) is 0.732. The second kappa shape index (κ2) is 8.82. The molecule has 0 radical (unpaired) electrons. The highest BCUT2D eigenvalue weighted by Crippen LogP contribution is 2.21. The molecule has 1 heterocycles. The number of benzene rings is 1. The van der Waals surface area contributed by atoms with E-state index in [0.29, 0.717) is 19.6 Å². The molecule has 2 N–H and O–H groups in total. The number of carbonyl (C=O) groups is 2. The van der Waals surface area contributed by atoms with Gasteiger partial charge in [0.1, 0.15) is 5.75 Å². The molecule has 2 amide bonds.